The van der Waals surface area contributed by atoms with Gasteiger partial charge in [0.25, 0.3) is 0 Å². The van der Waals surface area contributed by atoms with Crippen molar-refractivity contribution in [3.8, 4) is 0 Å². The van der Waals surface area contributed by atoms with Gasteiger partial charge in [-0.3, -0.25) is 4.79 Å². The van der Waals surface area contributed by atoms with E-state index in [0.717, 1.165) is 0 Å². The van der Waals surface area contributed by atoms with Crippen LogP contribution in [-0.2, 0) is 4.79 Å². The normalized spacial score (nSPS) is 12.1. The number of nitrogens with zero attached hydrogens (tertiary/aromatic N) is 2. The number of aromatic nitrogens is 2. The highest BCUT2D eigenvalue weighted by molar-refractivity contribution is 8.01. The van der Waals surface area contributed by atoms with Crippen molar-refractivity contribution < 1.29 is 4.79 Å². The van der Waals surface area contributed by atoms with E-state index in [1.807, 2.05) is 18.2 Å². The Bertz CT molecular complexity index is 559. The quantitative estimate of drug-likeness (QED) is 0.799. The molecule has 2 aromatic rings. The van der Waals surface area contributed by atoms with Crippen molar-refractivity contribution in [2.75, 3.05) is 18.0 Å². The summed E-state index contributed by atoms with van der Waals surface area (Å²) in [5.74, 6) is 0.616. The van der Waals surface area contributed by atoms with Crippen molar-refractivity contribution in [2.45, 2.75) is 17.2 Å². The molecule has 1 aromatic carbocycles. The largest absolute Gasteiger partial charge is 0.374 e. The molecule has 0 saturated heterocycles. The Morgan fingerprint density at radius 3 is 2.80 bits per heavy atom. The molecule has 2 rings (SSSR count). The van der Waals surface area contributed by atoms with E-state index >= 15 is 0 Å². The second-order valence-corrected chi connectivity index (χ2v) is 6.54. The van der Waals surface area contributed by atoms with E-state index in [4.69, 9.17) is 5.73 Å². The van der Waals surface area contributed by atoms with Crippen molar-refractivity contribution in [3.05, 3.63) is 35.9 Å². The number of amides is 1. The van der Waals surface area contributed by atoms with Crippen LogP contribution in [0.4, 0.5) is 5.13 Å². The van der Waals surface area contributed by atoms with Gasteiger partial charge in [-0.05, 0) is 11.5 Å². The fraction of sp³-hybridized carbons (Fsp3) is 0.308. The third-order valence-electron chi connectivity index (χ3n) is 2.72. The lowest BCUT2D eigenvalue weighted by Crippen LogP contribution is -2.28. The number of nitrogens with one attached hydrogen (secondary N) is 1. The molecule has 0 fully saturated rings. The number of rotatable bonds is 6. The molecule has 7 heteroatoms. The molecule has 0 aliphatic carbocycles. The summed E-state index contributed by atoms with van der Waals surface area (Å²) in [6.45, 7) is 2.72. The predicted octanol–water partition coefficient (Wildman–Crippen LogP) is 2.13. The monoisotopic (exact) mass is 308 g/mol. The average molecular weight is 308 g/mol. The third kappa shape index (κ3) is 4.50. The standard InChI is InChI=1S/C13H16N4OS2/c1-9(10-5-3-2-4-6-10)7-15-11(18)8-19-13-17-16-12(14)20-13/h2-6,9H,7-8H2,1H3,(H2,14,16)(H,15,18)/t9-/m0/s1. The summed E-state index contributed by atoms with van der Waals surface area (Å²) in [6.07, 6.45) is 0. The highest BCUT2D eigenvalue weighted by Gasteiger charge is 2.09. The van der Waals surface area contributed by atoms with Gasteiger partial charge in [0.15, 0.2) is 4.34 Å². The van der Waals surface area contributed by atoms with E-state index in [0.29, 0.717) is 27.7 Å². The minimum absolute atomic E-state index is 0.00782. The Balaban J connectivity index is 1.72. The zero-order valence-corrected chi connectivity index (χ0v) is 12.7. The summed E-state index contributed by atoms with van der Waals surface area (Å²) in [5.41, 5.74) is 6.70. The fourth-order valence-electron chi connectivity index (χ4n) is 1.62. The first-order valence-corrected chi connectivity index (χ1v) is 7.99. The molecule has 5 nitrogen and oxygen atoms in total. The van der Waals surface area contributed by atoms with Gasteiger partial charge in [-0.1, -0.05) is 60.4 Å². The van der Waals surface area contributed by atoms with E-state index in [9.17, 15) is 4.79 Å². The minimum atomic E-state index is -0.00782. The van der Waals surface area contributed by atoms with Crippen molar-refractivity contribution >= 4 is 34.1 Å². The molecule has 1 heterocycles. The summed E-state index contributed by atoms with van der Waals surface area (Å²) >= 11 is 2.64. The number of carbonyl (C=O) groups excluding carboxylic acids is 1. The van der Waals surface area contributed by atoms with Gasteiger partial charge in [0, 0.05) is 6.54 Å². The number of benzene rings is 1. The lowest BCUT2D eigenvalue weighted by molar-refractivity contribution is -0.118. The summed E-state index contributed by atoms with van der Waals surface area (Å²) in [5, 5.41) is 10.9. The van der Waals surface area contributed by atoms with Crippen LogP contribution in [0.1, 0.15) is 18.4 Å². The molecule has 0 unspecified atom stereocenters. The topological polar surface area (TPSA) is 80.9 Å². The summed E-state index contributed by atoms with van der Waals surface area (Å²) in [6, 6.07) is 10.1. The lowest BCUT2D eigenvalue weighted by Gasteiger charge is -2.12. The third-order valence-corrected chi connectivity index (χ3v) is 4.61. The molecule has 1 amide bonds. The van der Waals surface area contributed by atoms with Crippen molar-refractivity contribution in [1.29, 1.82) is 0 Å². The van der Waals surface area contributed by atoms with Crippen LogP contribution in [-0.4, -0.2) is 28.4 Å². The molecule has 0 bridgehead atoms. The smallest absolute Gasteiger partial charge is 0.230 e. The number of hydrogen-bond donors (Lipinski definition) is 2. The molecule has 1 aromatic heterocycles. The molecule has 0 aliphatic rings. The predicted molar refractivity (Wildman–Crippen MR) is 82.9 cm³/mol. The van der Waals surface area contributed by atoms with Gasteiger partial charge in [-0.2, -0.15) is 0 Å². The second kappa shape index (κ2) is 7.25. The first-order valence-electron chi connectivity index (χ1n) is 6.18. The van der Waals surface area contributed by atoms with Crippen LogP contribution in [0, 0.1) is 0 Å². The first-order chi connectivity index (χ1) is 9.65. The molecule has 0 saturated carbocycles. The number of anilines is 1. The minimum Gasteiger partial charge on any atom is -0.374 e. The maximum Gasteiger partial charge on any atom is 0.230 e. The second-order valence-electron chi connectivity index (χ2n) is 4.31. The molecular weight excluding hydrogens is 292 g/mol. The molecule has 0 radical (unpaired) electrons. The van der Waals surface area contributed by atoms with Gasteiger partial charge in [0.1, 0.15) is 0 Å². The van der Waals surface area contributed by atoms with Gasteiger partial charge in [-0.15, -0.1) is 10.2 Å². The van der Waals surface area contributed by atoms with Crippen molar-refractivity contribution in [2.24, 2.45) is 0 Å². The fourth-order valence-corrected chi connectivity index (χ4v) is 3.09. The lowest BCUT2D eigenvalue weighted by atomic mass is 10.0. The Hall–Kier alpha value is -1.60. The average Bonchev–Trinajstić information content (AvgIpc) is 2.89. The van der Waals surface area contributed by atoms with Gasteiger partial charge >= 0.3 is 0 Å². The Morgan fingerprint density at radius 2 is 2.15 bits per heavy atom. The van der Waals surface area contributed by atoms with Gasteiger partial charge < -0.3 is 11.1 Å². The van der Waals surface area contributed by atoms with Crippen LogP contribution in [0.5, 0.6) is 0 Å². The zero-order chi connectivity index (χ0) is 14.4. The molecule has 20 heavy (non-hydrogen) atoms. The summed E-state index contributed by atoms with van der Waals surface area (Å²) in [7, 11) is 0. The number of carbonyl (C=O) groups is 1. The van der Waals surface area contributed by atoms with Gasteiger partial charge in [0.05, 0.1) is 5.75 Å². The maximum absolute atomic E-state index is 11.8. The van der Waals surface area contributed by atoms with Crippen LogP contribution in [0.15, 0.2) is 34.7 Å². The first kappa shape index (κ1) is 14.8. The van der Waals surface area contributed by atoms with E-state index < -0.39 is 0 Å². The molecular formula is C13H16N4OS2. The van der Waals surface area contributed by atoms with E-state index in [-0.39, 0.29) is 5.91 Å². The number of hydrogen-bond acceptors (Lipinski definition) is 6. The van der Waals surface area contributed by atoms with Crippen LogP contribution in [0.2, 0.25) is 0 Å². The van der Waals surface area contributed by atoms with Crippen LogP contribution in [0.25, 0.3) is 0 Å². The molecule has 3 N–H and O–H groups in total. The highest BCUT2D eigenvalue weighted by Crippen LogP contribution is 2.23. The van der Waals surface area contributed by atoms with E-state index in [2.05, 4.69) is 34.6 Å². The van der Waals surface area contributed by atoms with Crippen molar-refractivity contribution in [1.82, 2.24) is 15.5 Å². The summed E-state index contributed by atoms with van der Waals surface area (Å²) < 4.78 is 0.716. The van der Waals surface area contributed by atoms with Gasteiger partial charge in [-0.25, -0.2) is 0 Å². The summed E-state index contributed by atoms with van der Waals surface area (Å²) in [4.78, 5) is 11.8. The maximum atomic E-state index is 11.8. The number of thioether (sulfide) groups is 1. The van der Waals surface area contributed by atoms with Gasteiger partial charge in [0.2, 0.25) is 11.0 Å². The highest BCUT2D eigenvalue weighted by atomic mass is 32.2. The number of nitrogen functional groups attached to an aromatic ring is 1. The molecule has 1 atom stereocenters. The molecule has 106 valence electrons. The van der Waals surface area contributed by atoms with Crippen molar-refractivity contribution in [3.63, 3.8) is 0 Å². The molecule has 0 aliphatic heterocycles. The Labute approximate surface area is 126 Å². The van der Waals surface area contributed by atoms with Crippen LogP contribution < -0.4 is 11.1 Å². The Morgan fingerprint density at radius 1 is 1.40 bits per heavy atom. The van der Waals surface area contributed by atoms with E-state index in [1.165, 1.54) is 28.7 Å². The molecule has 0 spiro atoms. The number of nitrogens with two attached hydrogens (primary N) is 1. The van der Waals surface area contributed by atoms with E-state index in [1.54, 1.807) is 0 Å². The van der Waals surface area contributed by atoms with Crippen LogP contribution in [0.3, 0.4) is 0 Å². The Kier molecular flexibility index (Phi) is 5.37. The van der Waals surface area contributed by atoms with Crippen LogP contribution >= 0.6 is 23.1 Å². The SMILES string of the molecule is C[C@@H](CNC(=O)CSc1nnc(N)s1)c1ccccc1. The zero-order valence-electron chi connectivity index (χ0n) is 11.1.